The van der Waals surface area contributed by atoms with E-state index in [0.29, 0.717) is 0 Å². The maximum Gasteiger partial charge on any atom is 0.225 e. The molecule has 0 aliphatic rings. The fourth-order valence-electron chi connectivity index (χ4n) is 2.40. The second-order valence-corrected chi connectivity index (χ2v) is 5.60. The topological polar surface area (TPSA) is 29.1 Å². The zero-order valence-corrected chi connectivity index (χ0v) is 13.2. The first-order chi connectivity index (χ1) is 10.6. The van der Waals surface area contributed by atoms with Gasteiger partial charge in [0.15, 0.2) is 0 Å². The fraction of sp³-hybridized carbons (Fsp3) is 0.278. The Morgan fingerprint density at radius 1 is 1.18 bits per heavy atom. The minimum atomic E-state index is -0.450. The van der Waals surface area contributed by atoms with Gasteiger partial charge in [0.05, 0.1) is 12.5 Å². The van der Waals surface area contributed by atoms with Gasteiger partial charge in [-0.25, -0.2) is 4.39 Å². The van der Waals surface area contributed by atoms with Gasteiger partial charge in [-0.3, -0.25) is 4.79 Å². The molecule has 2 aromatic rings. The van der Waals surface area contributed by atoms with Crippen LogP contribution in [0.15, 0.2) is 48.5 Å². The van der Waals surface area contributed by atoms with Crippen LogP contribution in [0.5, 0.6) is 0 Å². The van der Waals surface area contributed by atoms with E-state index in [4.69, 9.17) is 11.6 Å². The summed E-state index contributed by atoms with van der Waals surface area (Å²) in [5.41, 5.74) is 1.29. The Bertz CT molecular complexity index is 610. The van der Waals surface area contributed by atoms with Crippen molar-refractivity contribution < 1.29 is 9.18 Å². The van der Waals surface area contributed by atoms with Crippen LogP contribution in [0.1, 0.15) is 36.9 Å². The lowest BCUT2D eigenvalue weighted by Gasteiger charge is -2.19. The van der Waals surface area contributed by atoms with Crippen LogP contribution in [-0.2, 0) is 11.2 Å². The summed E-state index contributed by atoms with van der Waals surface area (Å²) in [7, 11) is 0. The van der Waals surface area contributed by atoms with Gasteiger partial charge in [-0.15, -0.1) is 0 Å². The molecule has 1 N–H and O–H groups in total. The van der Waals surface area contributed by atoms with E-state index in [2.05, 4.69) is 12.2 Å². The highest BCUT2D eigenvalue weighted by molar-refractivity contribution is 6.31. The molecular formula is C18H19ClFNO. The second kappa shape index (κ2) is 7.95. The molecule has 1 unspecified atom stereocenters. The summed E-state index contributed by atoms with van der Waals surface area (Å²) in [5, 5.41) is 3.25. The number of nitrogens with one attached hydrogen (secondary N) is 1. The molecule has 116 valence electrons. The van der Waals surface area contributed by atoms with Crippen molar-refractivity contribution in [1.82, 2.24) is 5.32 Å². The molecule has 0 fully saturated rings. The lowest BCUT2D eigenvalue weighted by Crippen LogP contribution is -2.30. The van der Waals surface area contributed by atoms with Crippen LogP contribution in [-0.4, -0.2) is 5.91 Å². The molecular weight excluding hydrogens is 301 g/mol. The zero-order chi connectivity index (χ0) is 15.9. The molecule has 0 spiro atoms. The number of hydrogen-bond acceptors (Lipinski definition) is 1. The lowest BCUT2D eigenvalue weighted by molar-refractivity contribution is -0.121. The number of carbonyl (C=O) groups excluding carboxylic acids is 1. The van der Waals surface area contributed by atoms with Gasteiger partial charge < -0.3 is 5.32 Å². The number of hydrogen-bond donors (Lipinski definition) is 1. The first-order valence-electron chi connectivity index (χ1n) is 7.39. The third kappa shape index (κ3) is 4.31. The Kier molecular flexibility index (Phi) is 5.96. The van der Waals surface area contributed by atoms with Crippen LogP contribution in [0.3, 0.4) is 0 Å². The Labute approximate surface area is 135 Å². The predicted octanol–water partition coefficient (Wildman–Crippen LogP) is 4.68. The van der Waals surface area contributed by atoms with Gasteiger partial charge in [-0.05, 0) is 24.1 Å². The highest BCUT2D eigenvalue weighted by atomic mass is 35.5. The van der Waals surface area contributed by atoms with Crippen LogP contribution < -0.4 is 5.32 Å². The highest BCUT2D eigenvalue weighted by Crippen LogP contribution is 2.21. The Morgan fingerprint density at radius 3 is 2.55 bits per heavy atom. The first kappa shape index (κ1) is 16.5. The van der Waals surface area contributed by atoms with Gasteiger partial charge in [0, 0.05) is 10.6 Å². The molecule has 22 heavy (non-hydrogen) atoms. The molecule has 0 bridgehead atoms. The van der Waals surface area contributed by atoms with Crippen molar-refractivity contribution in [3.8, 4) is 0 Å². The third-order valence-corrected chi connectivity index (χ3v) is 3.87. The Balaban J connectivity index is 2.09. The summed E-state index contributed by atoms with van der Waals surface area (Å²) >= 11 is 5.97. The van der Waals surface area contributed by atoms with Crippen molar-refractivity contribution in [3.63, 3.8) is 0 Å². The molecule has 0 aromatic heterocycles. The molecule has 1 amide bonds. The van der Waals surface area contributed by atoms with E-state index in [9.17, 15) is 9.18 Å². The molecule has 0 heterocycles. The highest BCUT2D eigenvalue weighted by Gasteiger charge is 2.16. The molecule has 0 aliphatic carbocycles. The van der Waals surface area contributed by atoms with Crippen molar-refractivity contribution in [2.24, 2.45) is 0 Å². The second-order valence-electron chi connectivity index (χ2n) is 5.20. The van der Waals surface area contributed by atoms with Gasteiger partial charge in [0.1, 0.15) is 5.82 Å². The summed E-state index contributed by atoms with van der Waals surface area (Å²) in [6.07, 6.45) is 1.72. The van der Waals surface area contributed by atoms with Gasteiger partial charge in [0.2, 0.25) is 5.91 Å². The molecule has 0 radical (unpaired) electrons. The molecule has 1 atom stereocenters. The van der Waals surface area contributed by atoms with Crippen molar-refractivity contribution in [1.29, 1.82) is 0 Å². The van der Waals surface area contributed by atoms with E-state index in [1.807, 2.05) is 30.3 Å². The van der Waals surface area contributed by atoms with Gasteiger partial charge in [-0.2, -0.15) is 0 Å². The van der Waals surface area contributed by atoms with Gasteiger partial charge in [-0.1, -0.05) is 61.3 Å². The van der Waals surface area contributed by atoms with E-state index in [0.717, 1.165) is 18.4 Å². The molecule has 4 heteroatoms. The molecule has 0 aliphatic heterocycles. The maximum atomic E-state index is 13.8. The molecule has 2 nitrogen and oxygen atoms in total. The normalized spacial score (nSPS) is 12.0. The van der Waals surface area contributed by atoms with Crippen molar-refractivity contribution >= 4 is 17.5 Å². The smallest absolute Gasteiger partial charge is 0.225 e. The number of carbonyl (C=O) groups is 1. The van der Waals surface area contributed by atoms with Crippen LogP contribution in [0, 0.1) is 5.82 Å². The van der Waals surface area contributed by atoms with Crippen LogP contribution >= 0.6 is 11.6 Å². The minimum absolute atomic E-state index is 0.0570. The number of halogens is 2. The molecule has 2 aromatic carbocycles. The number of amides is 1. The van der Waals surface area contributed by atoms with E-state index >= 15 is 0 Å². The summed E-state index contributed by atoms with van der Waals surface area (Å²) in [4.78, 5) is 12.2. The standard InChI is InChI=1S/C18H19ClFNO/c1-2-7-17(13-8-4-3-5-9-13)21-18(22)12-14-15(19)10-6-11-16(14)20/h3-6,8-11,17H,2,7,12H2,1H3,(H,21,22). The van der Waals surface area contributed by atoms with Gasteiger partial charge in [0.25, 0.3) is 0 Å². The average Bonchev–Trinajstić information content (AvgIpc) is 2.51. The van der Waals surface area contributed by atoms with Gasteiger partial charge >= 0.3 is 0 Å². The molecule has 2 rings (SSSR count). The monoisotopic (exact) mass is 319 g/mol. The largest absolute Gasteiger partial charge is 0.349 e. The summed E-state index contributed by atoms with van der Waals surface area (Å²) in [5.74, 6) is -0.677. The van der Waals surface area contributed by atoms with Crippen molar-refractivity contribution in [3.05, 3.63) is 70.5 Å². The SMILES string of the molecule is CCCC(NC(=O)Cc1c(F)cccc1Cl)c1ccccc1. The predicted molar refractivity (Wildman–Crippen MR) is 87.3 cm³/mol. The minimum Gasteiger partial charge on any atom is -0.349 e. The van der Waals surface area contributed by atoms with Crippen LogP contribution in [0.25, 0.3) is 0 Å². The van der Waals surface area contributed by atoms with E-state index in [1.165, 1.54) is 12.1 Å². The molecule has 0 saturated carbocycles. The van der Waals surface area contributed by atoms with E-state index < -0.39 is 5.82 Å². The van der Waals surface area contributed by atoms with E-state index in [1.54, 1.807) is 6.07 Å². The number of benzene rings is 2. The zero-order valence-electron chi connectivity index (χ0n) is 12.5. The number of rotatable bonds is 6. The van der Waals surface area contributed by atoms with Crippen LogP contribution in [0.2, 0.25) is 5.02 Å². The Hall–Kier alpha value is -1.87. The fourth-order valence-corrected chi connectivity index (χ4v) is 2.63. The maximum absolute atomic E-state index is 13.8. The third-order valence-electron chi connectivity index (χ3n) is 3.51. The lowest BCUT2D eigenvalue weighted by atomic mass is 10.0. The van der Waals surface area contributed by atoms with Crippen molar-refractivity contribution in [2.75, 3.05) is 0 Å². The Morgan fingerprint density at radius 2 is 1.91 bits per heavy atom. The summed E-state index contributed by atoms with van der Waals surface area (Å²) in [6.45, 7) is 2.07. The summed E-state index contributed by atoms with van der Waals surface area (Å²) in [6, 6.07) is 14.2. The first-order valence-corrected chi connectivity index (χ1v) is 7.76. The van der Waals surface area contributed by atoms with Crippen molar-refractivity contribution in [2.45, 2.75) is 32.2 Å². The quantitative estimate of drug-likeness (QED) is 0.823. The van der Waals surface area contributed by atoms with Crippen LogP contribution in [0.4, 0.5) is 4.39 Å². The summed E-state index contributed by atoms with van der Waals surface area (Å²) < 4.78 is 13.8. The van der Waals surface area contributed by atoms with E-state index in [-0.39, 0.29) is 29.0 Å². The molecule has 0 saturated heterocycles. The average molecular weight is 320 g/mol.